The van der Waals surface area contributed by atoms with E-state index >= 15 is 0 Å². The van der Waals surface area contributed by atoms with Gasteiger partial charge in [0.05, 0.1) is 6.10 Å². The van der Waals surface area contributed by atoms with Crippen LogP contribution in [0.4, 0.5) is 4.39 Å². The van der Waals surface area contributed by atoms with Gasteiger partial charge in [-0.2, -0.15) is 0 Å². The molecule has 1 atom stereocenters. The Kier molecular flexibility index (Phi) is 7.98. The van der Waals surface area contributed by atoms with E-state index in [0.717, 1.165) is 25.1 Å². The lowest BCUT2D eigenvalue weighted by Crippen LogP contribution is -2.39. The van der Waals surface area contributed by atoms with Crippen LogP contribution in [-0.4, -0.2) is 37.4 Å². The summed E-state index contributed by atoms with van der Waals surface area (Å²) in [4.78, 5) is 4.19. The molecule has 0 bridgehead atoms. The Morgan fingerprint density at radius 3 is 2.76 bits per heavy atom. The third-order valence-corrected chi connectivity index (χ3v) is 4.72. The highest BCUT2D eigenvalue weighted by molar-refractivity contribution is 5.79. The molecule has 0 aromatic heterocycles. The van der Waals surface area contributed by atoms with Crippen molar-refractivity contribution in [3.05, 3.63) is 29.6 Å². The van der Waals surface area contributed by atoms with Gasteiger partial charge in [0.2, 0.25) is 0 Å². The Morgan fingerprint density at radius 1 is 1.36 bits per heavy atom. The molecule has 6 heteroatoms. The first-order valence-electron chi connectivity index (χ1n) is 9.17. The smallest absolute Gasteiger partial charge is 0.191 e. The van der Waals surface area contributed by atoms with Gasteiger partial charge in [-0.1, -0.05) is 18.9 Å². The Balaban J connectivity index is 1.76. The van der Waals surface area contributed by atoms with Crippen LogP contribution < -0.4 is 10.6 Å². The van der Waals surface area contributed by atoms with Crippen molar-refractivity contribution < 1.29 is 14.2 Å². The van der Waals surface area contributed by atoms with Gasteiger partial charge in [-0.15, -0.1) is 0 Å². The van der Waals surface area contributed by atoms with Crippen LogP contribution in [0.25, 0.3) is 0 Å². The van der Waals surface area contributed by atoms with Gasteiger partial charge in [-0.3, -0.25) is 4.99 Å². The Bertz CT molecular complexity index is 560. The molecule has 1 aromatic carbocycles. The van der Waals surface area contributed by atoms with Crippen LogP contribution in [0.15, 0.2) is 23.2 Å². The maximum Gasteiger partial charge on any atom is 0.191 e. The predicted octanol–water partition coefficient (Wildman–Crippen LogP) is 3.18. The molecule has 3 N–H and O–H groups in total. The molecule has 0 spiro atoms. The van der Waals surface area contributed by atoms with Crippen molar-refractivity contribution >= 4 is 5.96 Å². The standard InChI is InChI=1S/C19H30FN3O2/c1-3-25-18(15-6-4-5-7-15)10-11-22-19(21-2)23-13-14-8-9-17(24)16(20)12-14/h8-9,12,15,18,24H,3-7,10-11,13H2,1-2H3,(H2,21,22,23). The van der Waals surface area contributed by atoms with Gasteiger partial charge in [0, 0.05) is 26.7 Å². The summed E-state index contributed by atoms with van der Waals surface area (Å²) in [5.41, 5.74) is 0.747. The van der Waals surface area contributed by atoms with E-state index in [0.29, 0.717) is 24.5 Å². The lowest BCUT2D eigenvalue weighted by molar-refractivity contribution is 0.0169. The van der Waals surface area contributed by atoms with Crippen LogP contribution in [0, 0.1) is 11.7 Å². The molecule has 5 nitrogen and oxygen atoms in total. The van der Waals surface area contributed by atoms with Gasteiger partial charge in [-0.25, -0.2) is 4.39 Å². The fourth-order valence-electron chi connectivity index (χ4n) is 3.40. The molecule has 0 radical (unpaired) electrons. The summed E-state index contributed by atoms with van der Waals surface area (Å²) < 4.78 is 19.3. The van der Waals surface area contributed by atoms with E-state index in [1.54, 1.807) is 13.1 Å². The lowest BCUT2D eigenvalue weighted by Gasteiger charge is -2.24. The van der Waals surface area contributed by atoms with Crippen molar-refractivity contribution in [2.24, 2.45) is 10.9 Å². The van der Waals surface area contributed by atoms with E-state index in [1.165, 1.54) is 37.8 Å². The largest absolute Gasteiger partial charge is 0.505 e. The second-order valence-electron chi connectivity index (χ2n) is 6.47. The number of nitrogens with zero attached hydrogens (tertiary/aromatic N) is 1. The van der Waals surface area contributed by atoms with Crippen LogP contribution in [0.2, 0.25) is 0 Å². The van der Waals surface area contributed by atoms with E-state index in [2.05, 4.69) is 15.6 Å². The van der Waals surface area contributed by atoms with Crippen LogP contribution in [0.5, 0.6) is 5.75 Å². The average molecular weight is 351 g/mol. The molecule has 1 aliphatic rings. The molecular weight excluding hydrogens is 321 g/mol. The van der Waals surface area contributed by atoms with Crippen molar-refractivity contribution in [3.8, 4) is 5.75 Å². The van der Waals surface area contributed by atoms with Gasteiger partial charge < -0.3 is 20.5 Å². The summed E-state index contributed by atoms with van der Waals surface area (Å²) in [6.07, 6.45) is 6.42. The van der Waals surface area contributed by atoms with Crippen LogP contribution in [0.1, 0.15) is 44.6 Å². The van der Waals surface area contributed by atoms with Crippen LogP contribution in [0.3, 0.4) is 0 Å². The maximum absolute atomic E-state index is 13.4. The van der Waals surface area contributed by atoms with E-state index in [4.69, 9.17) is 4.74 Å². The Morgan fingerprint density at radius 2 is 2.12 bits per heavy atom. The number of halogens is 1. The molecule has 0 aliphatic heterocycles. The average Bonchev–Trinajstić information content (AvgIpc) is 3.14. The normalized spacial score (nSPS) is 16.8. The highest BCUT2D eigenvalue weighted by atomic mass is 19.1. The van der Waals surface area contributed by atoms with Crippen molar-refractivity contribution in [1.82, 2.24) is 10.6 Å². The number of aromatic hydroxyl groups is 1. The minimum absolute atomic E-state index is 0.310. The first-order valence-corrected chi connectivity index (χ1v) is 9.17. The second-order valence-corrected chi connectivity index (χ2v) is 6.47. The number of hydrogen-bond donors (Lipinski definition) is 3. The summed E-state index contributed by atoms with van der Waals surface area (Å²) >= 11 is 0. The summed E-state index contributed by atoms with van der Waals surface area (Å²) in [7, 11) is 1.71. The van der Waals surface area contributed by atoms with Gasteiger partial charge in [0.1, 0.15) is 0 Å². The van der Waals surface area contributed by atoms with Crippen molar-refractivity contribution in [1.29, 1.82) is 0 Å². The van der Waals surface area contributed by atoms with Gasteiger partial charge in [-0.05, 0) is 49.8 Å². The molecular formula is C19H30FN3O2. The Labute approximate surface area is 149 Å². The monoisotopic (exact) mass is 351 g/mol. The number of nitrogens with one attached hydrogen (secondary N) is 2. The maximum atomic E-state index is 13.4. The number of phenolic OH excluding ortho intramolecular Hbond substituents is 1. The molecule has 1 unspecified atom stereocenters. The SMILES string of the molecule is CCOC(CCNC(=NC)NCc1ccc(O)c(F)c1)C1CCCC1. The van der Waals surface area contributed by atoms with E-state index in [9.17, 15) is 9.50 Å². The topological polar surface area (TPSA) is 65.9 Å². The highest BCUT2D eigenvalue weighted by Gasteiger charge is 2.25. The van der Waals surface area contributed by atoms with Crippen molar-refractivity contribution in [2.45, 2.75) is 51.7 Å². The third kappa shape index (κ3) is 6.20. The van der Waals surface area contributed by atoms with Gasteiger partial charge in [0.25, 0.3) is 0 Å². The number of ether oxygens (including phenoxy) is 1. The molecule has 25 heavy (non-hydrogen) atoms. The highest BCUT2D eigenvalue weighted by Crippen LogP contribution is 2.30. The first kappa shape index (κ1) is 19.5. The molecule has 1 aliphatic carbocycles. The molecule has 1 fully saturated rings. The fourth-order valence-corrected chi connectivity index (χ4v) is 3.40. The molecule has 0 saturated heterocycles. The zero-order valence-corrected chi connectivity index (χ0v) is 15.2. The molecule has 2 rings (SSSR count). The van der Waals surface area contributed by atoms with Crippen LogP contribution in [-0.2, 0) is 11.3 Å². The zero-order chi connectivity index (χ0) is 18.1. The molecule has 1 saturated carbocycles. The van der Waals surface area contributed by atoms with Crippen LogP contribution >= 0.6 is 0 Å². The molecule has 1 aromatic rings. The Hall–Kier alpha value is -1.82. The number of benzene rings is 1. The number of phenols is 1. The van der Waals surface area contributed by atoms with E-state index < -0.39 is 5.82 Å². The first-order chi connectivity index (χ1) is 12.1. The number of guanidine groups is 1. The van der Waals surface area contributed by atoms with Gasteiger partial charge >= 0.3 is 0 Å². The van der Waals surface area contributed by atoms with E-state index in [1.807, 2.05) is 6.92 Å². The van der Waals surface area contributed by atoms with E-state index in [-0.39, 0.29) is 5.75 Å². The minimum atomic E-state index is -0.613. The lowest BCUT2D eigenvalue weighted by atomic mass is 9.98. The number of hydrogen-bond acceptors (Lipinski definition) is 3. The molecule has 0 heterocycles. The molecule has 0 amide bonds. The quantitative estimate of drug-likeness (QED) is 0.497. The minimum Gasteiger partial charge on any atom is -0.505 e. The number of aliphatic imine (C=N–C) groups is 1. The van der Waals surface area contributed by atoms with Crippen molar-refractivity contribution in [3.63, 3.8) is 0 Å². The summed E-state index contributed by atoms with van der Waals surface area (Å²) in [5.74, 6) is 0.408. The summed E-state index contributed by atoms with van der Waals surface area (Å²) in [6, 6.07) is 4.36. The zero-order valence-electron chi connectivity index (χ0n) is 15.2. The molecule has 140 valence electrons. The second kappa shape index (κ2) is 10.2. The fraction of sp³-hybridized carbons (Fsp3) is 0.632. The summed E-state index contributed by atoms with van der Waals surface area (Å²) in [5, 5.41) is 15.7. The number of rotatable bonds is 8. The summed E-state index contributed by atoms with van der Waals surface area (Å²) in [6.45, 7) is 4.02. The third-order valence-electron chi connectivity index (χ3n) is 4.72. The predicted molar refractivity (Wildman–Crippen MR) is 98.3 cm³/mol. The van der Waals surface area contributed by atoms with Crippen molar-refractivity contribution in [2.75, 3.05) is 20.2 Å². The van der Waals surface area contributed by atoms with Gasteiger partial charge in [0.15, 0.2) is 17.5 Å².